The first-order valence-corrected chi connectivity index (χ1v) is 10.6. The average molecular weight is 441 g/mol. The molecular formula is C17H21BrN4O3S. The molecule has 1 fully saturated rings. The molecule has 0 aliphatic carbocycles. The molecule has 0 bridgehead atoms. The second-order valence-electron chi connectivity index (χ2n) is 6.33. The molecule has 0 spiro atoms. The van der Waals surface area contributed by atoms with Crippen LogP contribution in [0.2, 0.25) is 0 Å². The third-order valence-corrected chi connectivity index (χ3v) is 6.80. The smallest absolute Gasteiger partial charge is 0.244 e. The monoisotopic (exact) mass is 440 g/mol. The van der Waals surface area contributed by atoms with Gasteiger partial charge in [-0.2, -0.15) is 9.40 Å². The van der Waals surface area contributed by atoms with Crippen molar-refractivity contribution in [1.82, 2.24) is 19.0 Å². The van der Waals surface area contributed by atoms with Crippen molar-refractivity contribution in [2.75, 3.05) is 26.2 Å². The van der Waals surface area contributed by atoms with Crippen LogP contribution in [0.15, 0.2) is 39.7 Å². The van der Waals surface area contributed by atoms with E-state index in [-0.39, 0.29) is 30.4 Å². The largest absolute Gasteiger partial charge is 0.338 e. The molecule has 7 nitrogen and oxygen atoms in total. The molecule has 1 amide bonds. The molecule has 0 N–H and O–H groups in total. The fraction of sp³-hybridized carbons (Fsp3) is 0.412. The lowest BCUT2D eigenvalue weighted by Crippen LogP contribution is -2.51. The molecule has 2 aromatic rings. The summed E-state index contributed by atoms with van der Waals surface area (Å²) in [5, 5.41) is 4.31. The van der Waals surface area contributed by atoms with Crippen LogP contribution in [-0.4, -0.2) is 59.5 Å². The van der Waals surface area contributed by atoms with Gasteiger partial charge < -0.3 is 4.90 Å². The first-order valence-electron chi connectivity index (χ1n) is 8.32. The Labute approximate surface area is 161 Å². The number of aryl methyl sites for hydroxylation is 2. The minimum atomic E-state index is -3.55. The van der Waals surface area contributed by atoms with Crippen LogP contribution in [0.5, 0.6) is 0 Å². The normalized spacial score (nSPS) is 16.0. The van der Waals surface area contributed by atoms with Crippen LogP contribution in [0, 0.1) is 13.8 Å². The van der Waals surface area contributed by atoms with E-state index in [1.54, 1.807) is 33.8 Å². The molecule has 1 aliphatic rings. The first-order chi connectivity index (χ1) is 12.3. The van der Waals surface area contributed by atoms with E-state index in [1.807, 2.05) is 19.9 Å². The molecule has 3 rings (SSSR count). The van der Waals surface area contributed by atoms with E-state index in [0.29, 0.717) is 13.1 Å². The Morgan fingerprint density at radius 1 is 1.15 bits per heavy atom. The molecular weight excluding hydrogens is 420 g/mol. The highest BCUT2D eigenvalue weighted by molar-refractivity contribution is 9.10. The van der Waals surface area contributed by atoms with E-state index in [1.165, 1.54) is 4.31 Å². The summed E-state index contributed by atoms with van der Waals surface area (Å²) in [4.78, 5) is 14.4. The van der Waals surface area contributed by atoms with Crippen molar-refractivity contribution in [3.05, 3.63) is 46.2 Å². The summed E-state index contributed by atoms with van der Waals surface area (Å²) in [7, 11) is -3.55. The third kappa shape index (κ3) is 3.99. The van der Waals surface area contributed by atoms with Crippen LogP contribution in [0.25, 0.3) is 0 Å². The maximum absolute atomic E-state index is 12.7. The van der Waals surface area contributed by atoms with Gasteiger partial charge in [0, 0.05) is 36.3 Å². The van der Waals surface area contributed by atoms with E-state index in [0.717, 1.165) is 15.9 Å². The predicted octanol–water partition coefficient (Wildman–Crippen LogP) is 1.80. The lowest BCUT2D eigenvalue weighted by molar-refractivity contribution is -0.133. The lowest BCUT2D eigenvalue weighted by atomic mass is 10.3. The van der Waals surface area contributed by atoms with Crippen molar-refractivity contribution in [1.29, 1.82) is 0 Å². The van der Waals surface area contributed by atoms with Gasteiger partial charge in [-0.1, -0.05) is 22.0 Å². The quantitative estimate of drug-likeness (QED) is 0.725. The molecule has 9 heteroatoms. The maximum atomic E-state index is 12.7. The Balaban J connectivity index is 1.63. The number of carbonyl (C=O) groups is 1. The van der Waals surface area contributed by atoms with Crippen LogP contribution in [0.4, 0.5) is 0 Å². The number of rotatable bonds is 4. The Bertz CT molecular complexity index is 918. The summed E-state index contributed by atoms with van der Waals surface area (Å²) < 4.78 is 29.3. The second kappa shape index (κ2) is 7.50. The third-order valence-electron chi connectivity index (χ3n) is 4.41. The summed E-state index contributed by atoms with van der Waals surface area (Å²) >= 11 is 3.30. The highest BCUT2D eigenvalue weighted by Crippen LogP contribution is 2.21. The van der Waals surface area contributed by atoms with E-state index in [2.05, 4.69) is 21.0 Å². The number of hydrogen-bond acceptors (Lipinski definition) is 4. The van der Waals surface area contributed by atoms with Crippen molar-refractivity contribution in [3.63, 3.8) is 0 Å². The summed E-state index contributed by atoms with van der Waals surface area (Å²) in [5.74, 6) is -0.0456. The predicted molar refractivity (Wildman–Crippen MR) is 101 cm³/mol. The fourth-order valence-electron chi connectivity index (χ4n) is 3.02. The molecule has 0 radical (unpaired) electrons. The summed E-state index contributed by atoms with van der Waals surface area (Å²) in [6.45, 7) is 5.32. The zero-order valence-corrected chi connectivity index (χ0v) is 17.1. The molecule has 1 aromatic carbocycles. The maximum Gasteiger partial charge on any atom is 0.244 e. The highest BCUT2D eigenvalue weighted by Gasteiger charge is 2.30. The minimum absolute atomic E-state index is 0.0456. The van der Waals surface area contributed by atoms with Gasteiger partial charge >= 0.3 is 0 Å². The molecule has 1 aliphatic heterocycles. The molecule has 1 saturated heterocycles. The molecule has 1 aromatic heterocycles. The molecule has 26 heavy (non-hydrogen) atoms. The Morgan fingerprint density at radius 3 is 2.42 bits per heavy atom. The number of benzene rings is 1. The number of amides is 1. The van der Waals surface area contributed by atoms with Gasteiger partial charge in [-0.25, -0.2) is 8.42 Å². The summed E-state index contributed by atoms with van der Waals surface area (Å²) in [5.41, 5.74) is 1.81. The van der Waals surface area contributed by atoms with Crippen molar-refractivity contribution >= 4 is 31.9 Å². The number of aromatic nitrogens is 2. The number of carbonyl (C=O) groups excluding carboxylic acids is 1. The van der Waals surface area contributed by atoms with Gasteiger partial charge in [-0.3, -0.25) is 9.48 Å². The summed E-state index contributed by atoms with van der Waals surface area (Å²) in [6, 6.07) is 8.59. The number of sulfonamides is 1. The number of nitrogens with zero attached hydrogens (tertiary/aromatic N) is 4. The average Bonchev–Trinajstić information content (AvgIpc) is 2.92. The minimum Gasteiger partial charge on any atom is -0.338 e. The van der Waals surface area contributed by atoms with E-state index in [4.69, 9.17) is 0 Å². The second-order valence-corrected chi connectivity index (χ2v) is 9.18. The van der Waals surface area contributed by atoms with Crippen LogP contribution in [-0.2, 0) is 21.4 Å². The van der Waals surface area contributed by atoms with Crippen LogP contribution in [0.1, 0.15) is 11.4 Å². The topological polar surface area (TPSA) is 75.5 Å². The SMILES string of the molecule is Cc1cc(C)n(CC(=O)N2CCN(S(=O)(=O)c3cccc(Br)c3)CC2)n1. The lowest BCUT2D eigenvalue weighted by Gasteiger charge is -2.34. The molecule has 0 saturated carbocycles. The van der Waals surface area contributed by atoms with E-state index < -0.39 is 10.0 Å². The zero-order chi connectivity index (χ0) is 18.9. The number of hydrogen-bond donors (Lipinski definition) is 0. The molecule has 0 unspecified atom stereocenters. The van der Waals surface area contributed by atoms with Gasteiger partial charge in [0.25, 0.3) is 0 Å². The van der Waals surface area contributed by atoms with Crippen LogP contribution < -0.4 is 0 Å². The van der Waals surface area contributed by atoms with Gasteiger partial charge in [0.2, 0.25) is 15.9 Å². The standard InChI is InChI=1S/C17H21BrN4O3S/c1-13-10-14(2)22(19-13)12-17(23)20-6-8-21(9-7-20)26(24,25)16-5-3-4-15(18)11-16/h3-5,10-11H,6-9,12H2,1-2H3. The Hall–Kier alpha value is -1.71. The van der Waals surface area contributed by atoms with Gasteiger partial charge in [0.15, 0.2) is 0 Å². The Morgan fingerprint density at radius 2 is 1.85 bits per heavy atom. The number of piperazine rings is 1. The van der Waals surface area contributed by atoms with Gasteiger partial charge in [-0.15, -0.1) is 0 Å². The zero-order valence-electron chi connectivity index (χ0n) is 14.7. The Kier molecular flexibility index (Phi) is 5.50. The molecule has 0 atom stereocenters. The molecule has 2 heterocycles. The van der Waals surface area contributed by atoms with E-state index >= 15 is 0 Å². The van der Waals surface area contributed by atoms with Gasteiger partial charge in [-0.05, 0) is 38.1 Å². The van der Waals surface area contributed by atoms with Gasteiger partial charge in [0.05, 0.1) is 10.6 Å². The van der Waals surface area contributed by atoms with Crippen molar-refractivity contribution in [2.45, 2.75) is 25.3 Å². The highest BCUT2D eigenvalue weighted by atomic mass is 79.9. The van der Waals surface area contributed by atoms with Crippen molar-refractivity contribution in [3.8, 4) is 0 Å². The molecule has 140 valence electrons. The van der Waals surface area contributed by atoms with E-state index in [9.17, 15) is 13.2 Å². The van der Waals surface area contributed by atoms with Crippen LogP contribution in [0.3, 0.4) is 0 Å². The summed E-state index contributed by atoms with van der Waals surface area (Å²) in [6.07, 6.45) is 0. The first kappa shape index (κ1) is 19.1. The van der Waals surface area contributed by atoms with Gasteiger partial charge in [0.1, 0.15) is 6.54 Å². The number of halogens is 1. The van der Waals surface area contributed by atoms with Crippen LogP contribution >= 0.6 is 15.9 Å². The fourth-order valence-corrected chi connectivity index (χ4v) is 5.04. The van der Waals surface area contributed by atoms with Crippen molar-refractivity contribution < 1.29 is 13.2 Å². The van der Waals surface area contributed by atoms with Crippen molar-refractivity contribution in [2.24, 2.45) is 0 Å².